The Kier molecular flexibility index (Phi) is 2.56. The van der Waals surface area contributed by atoms with Gasteiger partial charge in [0.1, 0.15) is 0 Å². The van der Waals surface area contributed by atoms with Crippen LogP contribution >= 0.6 is 0 Å². The summed E-state index contributed by atoms with van der Waals surface area (Å²) in [6.07, 6.45) is 2.27. The van der Waals surface area contributed by atoms with Crippen LogP contribution in [0.15, 0.2) is 30.5 Å². The van der Waals surface area contributed by atoms with Gasteiger partial charge in [-0.15, -0.1) is 0 Å². The summed E-state index contributed by atoms with van der Waals surface area (Å²) in [7, 11) is 0. The Morgan fingerprint density at radius 1 is 1.00 bits per heavy atom. The molecule has 0 atom stereocenters. The van der Waals surface area contributed by atoms with Gasteiger partial charge in [-0.25, -0.2) is 0 Å². The highest BCUT2D eigenvalue weighted by Gasteiger charge is 2.07. The number of rotatable bonds is 2. The van der Waals surface area contributed by atoms with Gasteiger partial charge in [-0.05, 0) is 35.6 Å². The molecule has 0 aliphatic heterocycles. The summed E-state index contributed by atoms with van der Waals surface area (Å²) >= 11 is 0. The minimum absolute atomic E-state index is 0.570. The van der Waals surface area contributed by atoms with E-state index in [-0.39, 0.29) is 0 Å². The van der Waals surface area contributed by atoms with Gasteiger partial charge in [-0.3, -0.25) is 0 Å². The van der Waals surface area contributed by atoms with Gasteiger partial charge < -0.3 is 4.40 Å². The molecular formula is C14H19N. The lowest BCUT2D eigenvalue weighted by Gasteiger charge is -2.08. The van der Waals surface area contributed by atoms with Crippen LogP contribution < -0.4 is 0 Å². The molecule has 0 fully saturated rings. The van der Waals surface area contributed by atoms with Crippen molar-refractivity contribution in [3.8, 4) is 0 Å². The van der Waals surface area contributed by atoms with Gasteiger partial charge in [-0.1, -0.05) is 33.8 Å². The molecule has 2 rings (SSSR count). The average molecular weight is 201 g/mol. The van der Waals surface area contributed by atoms with Gasteiger partial charge in [0.25, 0.3) is 0 Å². The monoisotopic (exact) mass is 201 g/mol. The first kappa shape index (κ1) is 10.3. The summed E-state index contributed by atoms with van der Waals surface area (Å²) in [5.41, 5.74) is 4.12. The van der Waals surface area contributed by atoms with Crippen LogP contribution in [0.1, 0.15) is 50.8 Å². The fraction of sp³-hybridized carbons (Fsp3) is 0.429. The maximum atomic E-state index is 2.32. The average Bonchev–Trinajstić information content (AvgIpc) is 2.60. The van der Waals surface area contributed by atoms with E-state index >= 15 is 0 Å². The second kappa shape index (κ2) is 3.73. The highest BCUT2D eigenvalue weighted by molar-refractivity contribution is 5.52. The summed E-state index contributed by atoms with van der Waals surface area (Å²) in [6.45, 7) is 8.96. The van der Waals surface area contributed by atoms with Crippen LogP contribution in [0.3, 0.4) is 0 Å². The summed E-state index contributed by atoms with van der Waals surface area (Å²) in [5, 5.41) is 0. The molecule has 0 saturated carbocycles. The van der Waals surface area contributed by atoms with Crippen LogP contribution in [0.5, 0.6) is 0 Å². The van der Waals surface area contributed by atoms with Crippen LogP contribution in [-0.4, -0.2) is 4.40 Å². The molecule has 2 aromatic heterocycles. The zero-order valence-electron chi connectivity index (χ0n) is 9.99. The van der Waals surface area contributed by atoms with E-state index in [0.717, 1.165) is 0 Å². The number of fused-ring (bicyclic) bond motifs is 1. The highest BCUT2D eigenvalue weighted by Crippen LogP contribution is 2.22. The van der Waals surface area contributed by atoms with E-state index in [1.54, 1.807) is 0 Å². The molecule has 0 amide bonds. The van der Waals surface area contributed by atoms with Gasteiger partial charge in [0.2, 0.25) is 0 Å². The standard InChI is InChI=1S/C14H19N/c1-10(2)12-8-13-6-5-7-14(11(3)4)15(13)9-12/h5-11H,1-4H3. The lowest BCUT2D eigenvalue weighted by atomic mass is 10.1. The Labute approximate surface area is 91.7 Å². The van der Waals surface area contributed by atoms with E-state index in [2.05, 4.69) is 62.6 Å². The number of aromatic nitrogens is 1. The number of pyridine rings is 1. The molecular weight excluding hydrogens is 182 g/mol. The van der Waals surface area contributed by atoms with Gasteiger partial charge in [0.15, 0.2) is 0 Å². The van der Waals surface area contributed by atoms with Gasteiger partial charge in [0.05, 0.1) is 0 Å². The van der Waals surface area contributed by atoms with Crippen molar-refractivity contribution in [3.05, 3.63) is 41.7 Å². The number of hydrogen-bond acceptors (Lipinski definition) is 0. The highest BCUT2D eigenvalue weighted by atomic mass is 14.9. The molecule has 0 aromatic carbocycles. The third-order valence-corrected chi connectivity index (χ3v) is 2.94. The van der Waals surface area contributed by atoms with Crippen molar-refractivity contribution in [2.24, 2.45) is 0 Å². The SMILES string of the molecule is CC(C)c1cc2cccc(C(C)C)n2c1. The molecule has 2 aromatic rings. The van der Waals surface area contributed by atoms with Crippen molar-refractivity contribution >= 4 is 5.52 Å². The number of hydrogen-bond donors (Lipinski definition) is 0. The van der Waals surface area contributed by atoms with Gasteiger partial charge >= 0.3 is 0 Å². The van der Waals surface area contributed by atoms with Crippen LogP contribution in [0.25, 0.3) is 5.52 Å². The Hall–Kier alpha value is -1.24. The van der Waals surface area contributed by atoms with Crippen molar-refractivity contribution in [1.82, 2.24) is 4.40 Å². The lowest BCUT2D eigenvalue weighted by Crippen LogP contribution is -1.96. The van der Waals surface area contributed by atoms with Gasteiger partial charge in [-0.2, -0.15) is 0 Å². The van der Waals surface area contributed by atoms with E-state index < -0.39 is 0 Å². The third kappa shape index (κ3) is 1.79. The molecule has 0 radical (unpaired) electrons. The first-order valence-corrected chi connectivity index (χ1v) is 5.70. The van der Waals surface area contributed by atoms with Crippen molar-refractivity contribution < 1.29 is 0 Å². The molecule has 80 valence electrons. The summed E-state index contributed by atoms with van der Waals surface area (Å²) < 4.78 is 2.32. The minimum atomic E-state index is 0.570. The zero-order chi connectivity index (χ0) is 11.0. The van der Waals surface area contributed by atoms with E-state index in [1.165, 1.54) is 16.8 Å². The molecule has 0 aliphatic carbocycles. The Morgan fingerprint density at radius 3 is 2.33 bits per heavy atom. The Balaban J connectivity index is 2.64. The van der Waals surface area contributed by atoms with Crippen molar-refractivity contribution in [1.29, 1.82) is 0 Å². The van der Waals surface area contributed by atoms with E-state index in [4.69, 9.17) is 0 Å². The van der Waals surface area contributed by atoms with E-state index in [9.17, 15) is 0 Å². The number of nitrogens with zero attached hydrogens (tertiary/aromatic N) is 1. The molecule has 15 heavy (non-hydrogen) atoms. The summed E-state index contributed by atoms with van der Waals surface area (Å²) in [6, 6.07) is 8.82. The topological polar surface area (TPSA) is 4.41 Å². The lowest BCUT2D eigenvalue weighted by molar-refractivity contribution is 0.796. The van der Waals surface area contributed by atoms with Crippen LogP contribution in [0, 0.1) is 0 Å². The smallest absolute Gasteiger partial charge is 0.0455 e. The Morgan fingerprint density at radius 2 is 1.73 bits per heavy atom. The molecule has 0 bridgehead atoms. The molecule has 0 unspecified atom stereocenters. The van der Waals surface area contributed by atoms with Crippen molar-refractivity contribution in [3.63, 3.8) is 0 Å². The molecule has 0 aliphatic rings. The molecule has 0 N–H and O–H groups in total. The molecule has 1 heteroatoms. The van der Waals surface area contributed by atoms with Crippen molar-refractivity contribution in [2.75, 3.05) is 0 Å². The molecule has 0 saturated heterocycles. The normalized spacial score (nSPS) is 11.9. The summed E-state index contributed by atoms with van der Waals surface area (Å²) in [5.74, 6) is 1.17. The second-order valence-corrected chi connectivity index (χ2v) is 4.83. The third-order valence-electron chi connectivity index (χ3n) is 2.94. The maximum Gasteiger partial charge on any atom is 0.0455 e. The first-order valence-electron chi connectivity index (χ1n) is 5.70. The van der Waals surface area contributed by atoms with Crippen LogP contribution in [0.4, 0.5) is 0 Å². The first-order chi connectivity index (χ1) is 7.09. The minimum Gasteiger partial charge on any atom is -0.320 e. The van der Waals surface area contributed by atoms with E-state index in [1.807, 2.05) is 0 Å². The molecule has 2 heterocycles. The maximum absolute atomic E-state index is 2.32. The second-order valence-electron chi connectivity index (χ2n) is 4.83. The quantitative estimate of drug-likeness (QED) is 0.686. The largest absolute Gasteiger partial charge is 0.320 e. The van der Waals surface area contributed by atoms with Crippen molar-refractivity contribution in [2.45, 2.75) is 39.5 Å². The van der Waals surface area contributed by atoms with Crippen LogP contribution in [0.2, 0.25) is 0 Å². The van der Waals surface area contributed by atoms with Crippen LogP contribution in [-0.2, 0) is 0 Å². The van der Waals surface area contributed by atoms with E-state index in [0.29, 0.717) is 11.8 Å². The molecule has 1 nitrogen and oxygen atoms in total. The fourth-order valence-corrected chi connectivity index (χ4v) is 1.97. The fourth-order valence-electron chi connectivity index (χ4n) is 1.97. The Bertz CT molecular complexity index is 463. The summed E-state index contributed by atoms with van der Waals surface area (Å²) in [4.78, 5) is 0. The van der Waals surface area contributed by atoms with Gasteiger partial charge in [0, 0.05) is 17.4 Å². The predicted molar refractivity (Wildman–Crippen MR) is 65.6 cm³/mol. The zero-order valence-corrected chi connectivity index (χ0v) is 9.99. The predicted octanol–water partition coefficient (Wildman–Crippen LogP) is 4.19. The molecule has 0 spiro atoms.